The lowest BCUT2D eigenvalue weighted by atomic mass is 9.82. The first-order valence-electron chi connectivity index (χ1n) is 14.2. The lowest BCUT2D eigenvalue weighted by molar-refractivity contribution is -0.0856. The normalized spacial score (nSPS) is 32.7. The van der Waals surface area contributed by atoms with E-state index in [1.165, 1.54) is 25.7 Å². The molecule has 0 amide bonds. The molecular weight excluding hydrogens is 459 g/mol. The molecule has 1 aromatic rings. The number of hydrogen-bond acceptors (Lipinski definition) is 7. The van der Waals surface area contributed by atoms with Crippen LogP contribution < -0.4 is 9.64 Å². The molecule has 4 aliphatic heterocycles. The summed E-state index contributed by atoms with van der Waals surface area (Å²) in [4.78, 5) is 14.7. The van der Waals surface area contributed by atoms with E-state index in [0.29, 0.717) is 45.2 Å². The summed E-state index contributed by atoms with van der Waals surface area (Å²) in [6.45, 7) is 7.10. The van der Waals surface area contributed by atoms with E-state index >= 15 is 0 Å². The zero-order valence-corrected chi connectivity index (χ0v) is 21.8. The van der Waals surface area contributed by atoms with Gasteiger partial charge in [0.2, 0.25) is 0 Å². The number of nitrogens with zero attached hydrogens (tertiary/aromatic N) is 4. The van der Waals surface area contributed by atoms with Crippen LogP contribution in [0.25, 0.3) is 0 Å². The van der Waals surface area contributed by atoms with Crippen molar-refractivity contribution in [2.45, 2.75) is 101 Å². The number of rotatable bonds is 6. The number of fused-ring (bicyclic) bond motifs is 2. The second-order valence-corrected chi connectivity index (χ2v) is 11.4. The monoisotopic (exact) mass is 500 g/mol. The van der Waals surface area contributed by atoms with Gasteiger partial charge in [0, 0.05) is 38.0 Å². The van der Waals surface area contributed by atoms with E-state index in [9.17, 15) is 4.39 Å². The molecular formula is C28H41FN4O3. The lowest BCUT2D eigenvalue weighted by Crippen LogP contribution is -2.45. The van der Waals surface area contributed by atoms with Crippen LogP contribution in [0.4, 0.5) is 10.2 Å². The molecule has 198 valence electrons. The Balaban J connectivity index is 1.32. The third-order valence-electron chi connectivity index (χ3n) is 9.00. The van der Waals surface area contributed by atoms with Crippen LogP contribution in [0.5, 0.6) is 6.01 Å². The fraction of sp³-hybridized carbons (Fsp3) is 0.786. The molecule has 0 saturated carbocycles. The second kappa shape index (κ2) is 10.1. The number of anilines is 1. The zero-order chi connectivity index (χ0) is 24.6. The van der Waals surface area contributed by atoms with Crippen LogP contribution in [0.15, 0.2) is 11.8 Å². The molecule has 6 rings (SSSR count). The molecule has 0 N–H and O–H groups in total. The predicted octanol–water partition coefficient (Wildman–Crippen LogP) is 4.73. The molecule has 1 spiro atoms. The van der Waals surface area contributed by atoms with Crippen molar-refractivity contribution in [1.82, 2.24) is 14.9 Å². The van der Waals surface area contributed by atoms with Gasteiger partial charge in [-0.15, -0.1) is 0 Å². The van der Waals surface area contributed by atoms with Gasteiger partial charge in [-0.05, 0) is 64.5 Å². The van der Waals surface area contributed by atoms with E-state index in [1.54, 1.807) is 0 Å². The summed E-state index contributed by atoms with van der Waals surface area (Å²) >= 11 is 0. The Hall–Kier alpha value is -1.93. The van der Waals surface area contributed by atoms with E-state index in [4.69, 9.17) is 24.2 Å². The first kappa shape index (κ1) is 24.4. The molecule has 5 heterocycles. The van der Waals surface area contributed by atoms with Crippen molar-refractivity contribution in [2.24, 2.45) is 0 Å². The largest absolute Gasteiger partial charge is 0.495 e. The summed E-state index contributed by atoms with van der Waals surface area (Å²) in [5.41, 5.74) is 1.46. The molecule has 0 aromatic carbocycles. The van der Waals surface area contributed by atoms with E-state index in [1.807, 2.05) is 6.92 Å². The average molecular weight is 501 g/mol. The highest BCUT2D eigenvalue weighted by atomic mass is 19.1. The Kier molecular flexibility index (Phi) is 6.84. The molecule has 3 saturated heterocycles. The molecule has 5 aliphatic rings. The quantitative estimate of drug-likeness (QED) is 0.560. The number of allylic oxidation sites excluding steroid dienone is 1. The van der Waals surface area contributed by atoms with Crippen molar-refractivity contribution in [3.8, 4) is 6.01 Å². The van der Waals surface area contributed by atoms with Gasteiger partial charge in [-0.3, -0.25) is 4.90 Å². The molecule has 1 aromatic heterocycles. The highest BCUT2D eigenvalue weighted by molar-refractivity contribution is 5.51. The Bertz CT molecular complexity index is 982. The molecule has 3 atom stereocenters. The fourth-order valence-corrected chi connectivity index (χ4v) is 7.17. The third-order valence-corrected chi connectivity index (χ3v) is 9.00. The van der Waals surface area contributed by atoms with Crippen LogP contribution in [0.1, 0.15) is 82.4 Å². The van der Waals surface area contributed by atoms with Gasteiger partial charge < -0.3 is 19.1 Å². The van der Waals surface area contributed by atoms with Gasteiger partial charge in [0.1, 0.15) is 30.0 Å². The minimum atomic E-state index is -0.766. The van der Waals surface area contributed by atoms with Crippen molar-refractivity contribution in [3.63, 3.8) is 0 Å². The first-order chi connectivity index (χ1) is 17.6. The smallest absolute Gasteiger partial charge is 0.318 e. The number of hydrogen-bond donors (Lipinski definition) is 0. The van der Waals surface area contributed by atoms with Crippen molar-refractivity contribution in [3.05, 3.63) is 23.1 Å². The Morgan fingerprint density at radius 1 is 1.06 bits per heavy atom. The Morgan fingerprint density at radius 3 is 2.75 bits per heavy atom. The van der Waals surface area contributed by atoms with Gasteiger partial charge >= 0.3 is 6.01 Å². The highest BCUT2D eigenvalue weighted by Gasteiger charge is 2.50. The van der Waals surface area contributed by atoms with Crippen molar-refractivity contribution >= 4 is 5.82 Å². The van der Waals surface area contributed by atoms with Crippen LogP contribution >= 0.6 is 0 Å². The molecule has 1 aliphatic carbocycles. The molecule has 0 radical (unpaired) electrons. The van der Waals surface area contributed by atoms with Crippen LogP contribution in [-0.2, 0) is 22.5 Å². The van der Waals surface area contributed by atoms with E-state index < -0.39 is 11.8 Å². The predicted molar refractivity (Wildman–Crippen MR) is 136 cm³/mol. The summed E-state index contributed by atoms with van der Waals surface area (Å²) in [5, 5.41) is 0. The van der Waals surface area contributed by atoms with Gasteiger partial charge in [0.05, 0.1) is 24.4 Å². The average Bonchev–Trinajstić information content (AvgIpc) is 3.25. The van der Waals surface area contributed by atoms with E-state index in [0.717, 1.165) is 74.6 Å². The summed E-state index contributed by atoms with van der Waals surface area (Å²) in [5.74, 6) is 1.93. The van der Waals surface area contributed by atoms with Gasteiger partial charge in [-0.25, -0.2) is 4.39 Å². The third kappa shape index (κ3) is 4.49. The standard InChI is InChI=1S/C28H41FN4O3/c1-2-34-24-10-5-6-12-28(24)17-23-22(19-36-28)25(32-13-7-3-4-8-14-32)31-26(30-23)35-20-27-11-9-15-33(27)18-21(29)16-27/h10,21H,2-9,11-20H2,1H3/t21-,27+,28?/m1/s1. The van der Waals surface area contributed by atoms with Gasteiger partial charge in [-0.2, -0.15) is 9.97 Å². The van der Waals surface area contributed by atoms with Crippen LogP contribution in [0.3, 0.4) is 0 Å². The maximum Gasteiger partial charge on any atom is 0.318 e. The molecule has 7 nitrogen and oxygen atoms in total. The maximum atomic E-state index is 14.3. The van der Waals surface area contributed by atoms with Gasteiger partial charge in [-0.1, -0.05) is 12.8 Å². The van der Waals surface area contributed by atoms with Crippen molar-refractivity contribution in [1.29, 1.82) is 0 Å². The fourth-order valence-electron chi connectivity index (χ4n) is 7.17. The summed E-state index contributed by atoms with van der Waals surface area (Å²) in [6, 6.07) is 0.436. The summed E-state index contributed by atoms with van der Waals surface area (Å²) in [6.07, 6.45) is 12.7. The number of alkyl halides is 1. The van der Waals surface area contributed by atoms with Gasteiger partial charge in [0.15, 0.2) is 0 Å². The lowest BCUT2D eigenvalue weighted by Gasteiger charge is -2.42. The van der Waals surface area contributed by atoms with Gasteiger partial charge in [0.25, 0.3) is 0 Å². The van der Waals surface area contributed by atoms with Crippen LogP contribution in [-0.4, -0.2) is 71.6 Å². The van der Waals surface area contributed by atoms with E-state index in [-0.39, 0.29) is 5.54 Å². The molecule has 36 heavy (non-hydrogen) atoms. The highest BCUT2D eigenvalue weighted by Crippen LogP contribution is 2.44. The molecule has 1 unspecified atom stereocenters. The molecule has 3 fully saturated rings. The van der Waals surface area contributed by atoms with Crippen molar-refractivity contribution < 1.29 is 18.6 Å². The Morgan fingerprint density at radius 2 is 1.92 bits per heavy atom. The van der Waals surface area contributed by atoms with E-state index in [2.05, 4.69) is 15.9 Å². The SMILES string of the molecule is CCOC1=CCCCC12Cc1nc(OC[C@@]34CCCN3C[C@H](F)C4)nc(N3CCCCCC3)c1CO2. The molecule has 0 bridgehead atoms. The summed E-state index contributed by atoms with van der Waals surface area (Å²) in [7, 11) is 0. The number of halogens is 1. The summed E-state index contributed by atoms with van der Waals surface area (Å²) < 4.78 is 33.4. The minimum absolute atomic E-state index is 0.208. The Labute approximate surface area is 214 Å². The van der Waals surface area contributed by atoms with Crippen LogP contribution in [0.2, 0.25) is 0 Å². The number of ether oxygens (including phenoxy) is 3. The minimum Gasteiger partial charge on any atom is -0.495 e. The topological polar surface area (TPSA) is 60.0 Å². The van der Waals surface area contributed by atoms with Crippen molar-refractivity contribution in [2.75, 3.05) is 44.3 Å². The second-order valence-electron chi connectivity index (χ2n) is 11.4. The molecule has 8 heteroatoms. The van der Waals surface area contributed by atoms with Crippen LogP contribution in [0, 0.1) is 0 Å². The number of aromatic nitrogens is 2. The zero-order valence-electron chi connectivity index (χ0n) is 21.8. The first-order valence-corrected chi connectivity index (χ1v) is 14.2. The maximum absolute atomic E-state index is 14.3.